The average molecular weight is 306 g/mol. The van der Waals surface area contributed by atoms with Crippen LogP contribution in [-0.2, 0) is 17.1 Å². The highest BCUT2D eigenvalue weighted by molar-refractivity contribution is 7.89. The Morgan fingerprint density at radius 3 is 2.71 bits per heavy atom. The predicted molar refractivity (Wildman–Crippen MR) is 78.2 cm³/mol. The van der Waals surface area contributed by atoms with Crippen molar-refractivity contribution in [1.29, 1.82) is 0 Å². The first-order chi connectivity index (χ1) is 10.1. The number of pyridine rings is 1. The standard InChI is InChI=1S/C14H18N4O2S/c1-17-11-14(9-16-17)21(19,20)18-8-2-3-13(10-18)12-4-6-15-7-5-12/h4-7,9,11,13H,2-3,8,10H2,1H3/t13-/m1/s1. The van der Waals surface area contributed by atoms with Gasteiger partial charge in [-0.05, 0) is 36.5 Å². The van der Waals surface area contributed by atoms with Gasteiger partial charge in [0, 0.05) is 38.7 Å². The van der Waals surface area contributed by atoms with Crippen molar-refractivity contribution in [3.63, 3.8) is 0 Å². The molecule has 0 radical (unpaired) electrons. The summed E-state index contributed by atoms with van der Waals surface area (Å²) in [6.07, 6.45) is 8.33. The van der Waals surface area contributed by atoms with E-state index < -0.39 is 10.0 Å². The molecule has 1 atom stereocenters. The molecule has 0 amide bonds. The van der Waals surface area contributed by atoms with Gasteiger partial charge >= 0.3 is 0 Å². The smallest absolute Gasteiger partial charge is 0.246 e. The summed E-state index contributed by atoms with van der Waals surface area (Å²) in [4.78, 5) is 4.28. The summed E-state index contributed by atoms with van der Waals surface area (Å²) < 4.78 is 28.4. The first-order valence-electron chi connectivity index (χ1n) is 6.96. The molecule has 1 saturated heterocycles. The summed E-state index contributed by atoms with van der Waals surface area (Å²) in [5.41, 5.74) is 1.15. The van der Waals surface area contributed by atoms with Crippen LogP contribution in [0.2, 0.25) is 0 Å². The Kier molecular flexibility index (Phi) is 3.77. The molecular formula is C14H18N4O2S. The highest BCUT2D eigenvalue weighted by atomic mass is 32.2. The molecule has 0 spiro atoms. The molecule has 7 heteroatoms. The number of piperidine rings is 1. The first-order valence-corrected chi connectivity index (χ1v) is 8.40. The molecule has 21 heavy (non-hydrogen) atoms. The Balaban J connectivity index is 1.83. The minimum atomic E-state index is -3.45. The average Bonchev–Trinajstić information content (AvgIpc) is 2.96. The van der Waals surface area contributed by atoms with Gasteiger partial charge in [0.1, 0.15) is 4.90 Å². The van der Waals surface area contributed by atoms with E-state index in [2.05, 4.69) is 10.1 Å². The molecule has 0 unspecified atom stereocenters. The highest BCUT2D eigenvalue weighted by Crippen LogP contribution is 2.29. The summed E-state index contributed by atoms with van der Waals surface area (Å²) in [5, 5.41) is 3.96. The van der Waals surface area contributed by atoms with Crippen molar-refractivity contribution in [2.45, 2.75) is 23.7 Å². The van der Waals surface area contributed by atoms with Crippen LogP contribution in [0.5, 0.6) is 0 Å². The van der Waals surface area contributed by atoms with Crippen molar-refractivity contribution in [3.8, 4) is 0 Å². The van der Waals surface area contributed by atoms with Gasteiger partial charge in [-0.2, -0.15) is 9.40 Å². The molecule has 1 aliphatic heterocycles. The Labute approximate surface area is 124 Å². The maximum atomic E-state index is 12.6. The van der Waals surface area contributed by atoms with E-state index in [-0.39, 0.29) is 10.8 Å². The third kappa shape index (κ3) is 2.84. The zero-order valence-electron chi connectivity index (χ0n) is 11.9. The van der Waals surface area contributed by atoms with Crippen LogP contribution in [0.15, 0.2) is 41.8 Å². The van der Waals surface area contributed by atoms with Gasteiger partial charge in [-0.1, -0.05) is 0 Å². The van der Waals surface area contributed by atoms with E-state index in [1.165, 1.54) is 10.9 Å². The third-order valence-corrected chi connectivity index (χ3v) is 5.70. The second-order valence-electron chi connectivity index (χ2n) is 5.33. The van der Waals surface area contributed by atoms with Crippen LogP contribution in [-0.4, -0.2) is 40.6 Å². The SMILES string of the molecule is Cn1cc(S(=O)(=O)N2CCC[C@@H](c3ccncc3)C2)cn1. The molecule has 0 N–H and O–H groups in total. The first kappa shape index (κ1) is 14.2. The van der Waals surface area contributed by atoms with Crippen molar-refractivity contribution in [2.24, 2.45) is 7.05 Å². The summed E-state index contributed by atoms with van der Waals surface area (Å²) in [6, 6.07) is 3.93. The lowest BCUT2D eigenvalue weighted by Crippen LogP contribution is -2.38. The van der Waals surface area contributed by atoms with E-state index in [9.17, 15) is 8.42 Å². The molecule has 1 aliphatic rings. The molecule has 0 aromatic carbocycles. The Hall–Kier alpha value is -1.73. The molecule has 2 aromatic rings. The summed E-state index contributed by atoms with van der Waals surface area (Å²) in [6.45, 7) is 1.08. The van der Waals surface area contributed by atoms with Crippen molar-refractivity contribution >= 4 is 10.0 Å². The molecule has 2 aromatic heterocycles. The zero-order valence-corrected chi connectivity index (χ0v) is 12.7. The molecule has 0 aliphatic carbocycles. The Bertz CT molecular complexity index is 712. The predicted octanol–water partition coefficient (Wildman–Crippen LogP) is 1.38. The highest BCUT2D eigenvalue weighted by Gasteiger charge is 2.31. The fraction of sp³-hybridized carbons (Fsp3) is 0.429. The van der Waals surface area contributed by atoms with Crippen LogP contribution < -0.4 is 0 Å². The lowest BCUT2D eigenvalue weighted by atomic mass is 9.92. The number of rotatable bonds is 3. The van der Waals surface area contributed by atoms with Gasteiger partial charge in [-0.15, -0.1) is 0 Å². The minimum absolute atomic E-state index is 0.230. The molecule has 6 nitrogen and oxygen atoms in total. The van der Waals surface area contributed by atoms with Crippen molar-refractivity contribution < 1.29 is 8.42 Å². The number of hydrogen-bond donors (Lipinski definition) is 0. The Morgan fingerprint density at radius 1 is 1.29 bits per heavy atom. The maximum absolute atomic E-state index is 12.6. The molecular weight excluding hydrogens is 288 g/mol. The number of nitrogens with zero attached hydrogens (tertiary/aromatic N) is 4. The van der Waals surface area contributed by atoms with E-state index in [1.807, 2.05) is 12.1 Å². The third-order valence-electron chi connectivity index (χ3n) is 3.88. The monoisotopic (exact) mass is 306 g/mol. The van der Waals surface area contributed by atoms with E-state index >= 15 is 0 Å². The molecule has 0 bridgehead atoms. The minimum Gasteiger partial charge on any atom is -0.274 e. The van der Waals surface area contributed by atoms with E-state index in [1.54, 1.807) is 29.9 Å². The molecule has 3 heterocycles. The van der Waals surface area contributed by atoms with Gasteiger partial charge in [0.25, 0.3) is 0 Å². The number of sulfonamides is 1. The zero-order chi connectivity index (χ0) is 14.9. The normalized spacial score (nSPS) is 20.5. The topological polar surface area (TPSA) is 68.1 Å². The largest absolute Gasteiger partial charge is 0.274 e. The lowest BCUT2D eigenvalue weighted by molar-refractivity contribution is 0.315. The summed E-state index contributed by atoms with van der Waals surface area (Å²) >= 11 is 0. The molecule has 112 valence electrons. The molecule has 1 fully saturated rings. The fourth-order valence-corrected chi connectivity index (χ4v) is 4.26. The molecule has 0 saturated carbocycles. The van der Waals surface area contributed by atoms with Gasteiger partial charge in [0.15, 0.2) is 0 Å². The van der Waals surface area contributed by atoms with Crippen LogP contribution in [0.4, 0.5) is 0 Å². The quantitative estimate of drug-likeness (QED) is 0.859. The lowest BCUT2D eigenvalue weighted by Gasteiger charge is -2.31. The second-order valence-corrected chi connectivity index (χ2v) is 7.27. The van der Waals surface area contributed by atoms with Crippen LogP contribution in [0.25, 0.3) is 0 Å². The van der Waals surface area contributed by atoms with Gasteiger partial charge in [-0.3, -0.25) is 9.67 Å². The van der Waals surface area contributed by atoms with Gasteiger partial charge in [-0.25, -0.2) is 8.42 Å². The van der Waals surface area contributed by atoms with Crippen molar-refractivity contribution in [3.05, 3.63) is 42.5 Å². The fourth-order valence-electron chi connectivity index (χ4n) is 2.75. The van der Waals surface area contributed by atoms with Crippen molar-refractivity contribution in [2.75, 3.05) is 13.1 Å². The van der Waals surface area contributed by atoms with Crippen molar-refractivity contribution in [1.82, 2.24) is 19.1 Å². The Morgan fingerprint density at radius 2 is 2.05 bits per heavy atom. The summed E-state index contributed by atoms with van der Waals surface area (Å²) in [5.74, 6) is 0.230. The van der Waals surface area contributed by atoms with Gasteiger partial charge in [0.05, 0.1) is 6.20 Å². The van der Waals surface area contributed by atoms with E-state index in [0.717, 1.165) is 18.4 Å². The van der Waals surface area contributed by atoms with Crippen LogP contribution >= 0.6 is 0 Å². The molecule has 3 rings (SSSR count). The van der Waals surface area contributed by atoms with Crippen LogP contribution in [0.3, 0.4) is 0 Å². The van der Waals surface area contributed by atoms with Crippen LogP contribution in [0.1, 0.15) is 24.3 Å². The van der Waals surface area contributed by atoms with E-state index in [4.69, 9.17) is 0 Å². The van der Waals surface area contributed by atoms with Gasteiger partial charge < -0.3 is 0 Å². The number of hydrogen-bond acceptors (Lipinski definition) is 4. The van der Waals surface area contributed by atoms with Crippen LogP contribution in [0, 0.1) is 0 Å². The van der Waals surface area contributed by atoms with E-state index in [0.29, 0.717) is 13.1 Å². The summed E-state index contributed by atoms with van der Waals surface area (Å²) in [7, 11) is -1.73. The van der Waals surface area contributed by atoms with Gasteiger partial charge in [0.2, 0.25) is 10.0 Å². The number of aryl methyl sites for hydroxylation is 1. The maximum Gasteiger partial charge on any atom is 0.246 e. The second kappa shape index (κ2) is 5.57. The number of aromatic nitrogens is 3.